The van der Waals surface area contributed by atoms with Crippen LogP contribution >= 0.6 is 0 Å². The van der Waals surface area contributed by atoms with Crippen molar-refractivity contribution in [2.45, 2.75) is 76.6 Å². The Morgan fingerprint density at radius 3 is 2.46 bits per heavy atom. The highest BCUT2D eigenvalue weighted by molar-refractivity contribution is 6.92. The van der Waals surface area contributed by atoms with Gasteiger partial charge in [-0.15, -0.1) is 12.5 Å². The van der Waals surface area contributed by atoms with Crippen LogP contribution in [-0.4, -0.2) is 18.4 Å². The summed E-state index contributed by atoms with van der Waals surface area (Å²) in [4.78, 5) is 0. The molecule has 0 aliphatic carbocycles. The zero-order valence-electron chi connectivity index (χ0n) is 15.8. The lowest BCUT2D eigenvalue weighted by Crippen LogP contribution is -2.61. The Balaban J connectivity index is 2.92. The van der Waals surface area contributed by atoms with Crippen molar-refractivity contribution in [2.24, 2.45) is 0 Å². The second-order valence-corrected chi connectivity index (χ2v) is 11.8. The average molecular weight is 343 g/mol. The molecular formula is C22H34OSi. The van der Waals surface area contributed by atoms with E-state index >= 15 is 0 Å². The van der Waals surface area contributed by atoms with Crippen LogP contribution in [0.25, 0.3) is 0 Å². The molecule has 1 rings (SSSR count). The fourth-order valence-corrected chi connectivity index (χ4v) is 5.68. The molecule has 1 aromatic carbocycles. The van der Waals surface area contributed by atoms with Gasteiger partial charge in [-0.1, -0.05) is 86.8 Å². The molecule has 132 valence electrons. The molecule has 1 nitrogen and oxygen atoms in total. The molecule has 1 aromatic rings. The summed E-state index contributed by atoms with van der Waals surface area (Å²) >= 11 is 0. The molecule has 0 heterocycles. The smallest absolute Gasteiger partial charge is 0.132 e. The molecule has 0 amide bonds. The first kappa shape index (κ1) is 20.7. The minimum atomic E-state index is -2.11. The predicted octanol–water partition coefficient (Wildman–Crippen LogP) is 5.20. The Morgan fingerprint density at radius 1 is 1.12 bits per heavy atom. The van der Waals surface area contributed by atoms with E-state index in [2.05, 4.69) is 62.7 Å². The lowest BCUT2D eigenvalue weighted by atomic mass is 10.1. The highest BCUT2D eigenvalue weighted by atomic mass is 28.3. The van der Waals surface area contributed by atoms with Gasteiger partial charge in [-0.2, -0.15) is 0 Å². The lowest BCUT2D eigenvalue weighted by molar-refractivity contribution is 0.164. The average Bonchev–Trinajstić information content (AvgIpc) is 2.59. The van der Waals surface area contributed by atoms with E-state index in [-0.39, 0.29) is 0 Å². The van der Waals surface area contributed by atoms with Crippen LogP contribution in [0, 0.1) is 11.8 Å². The SMILES string of the molecule is C=CCCC[C@](O)(C#CCCCCCC)[Si](C)(C)c1ccccc1. The highest BCUT2D eigenvalue weighted by Crippen LogP contribution is 2.26. The van der Waals surface area contributed by atoms with Crippen molar-refractivity contribution < 1.29 is 5.11 Å². The van der Waals surface area contributed by atoms with Crippen LogP contribution in [0.15, 0.2) is 43.0 Å². The van der Waals surface area contributed by atoms with Gasteiger partial charge in [0.15, 0.2) is 0 Å². The number of hydrogen-bond acceptors (Lipinski definition) is 1. The first-order valence-corrected chi connectivity index (χ1v) is 12.4. The molecular weight excluding hydrogens is 308 g/mol. The van der Waals surface area contributed by atoms with Crippen molar-refractivity contribution in [1.82, 2.24) is 0 Å². The molecule has 0 unspecified atom stereocenters. The Bertz CT molecular complexity index is 538. The van der Waals surface area contributed by atoms with Crippen LogP contribution < -0.4 is 5.19 Å². The van der Waals surface area contributed by atoms with E-state index in [0.29, 0.717) is 0 Å². The monoisotopic (exact) mass is 342 g/mol. The Kier molecular flexibility index (Phi) is 9.11. The zero-order valence-corrected chi connectivity index (χ0v) is 16.8. The summed E-state index contributed by atoms with van der Waals surface area (Å²) in [5.41, 5.74) is 0. The van der Waals surface area contributed by atoms with Crippen LogP contribution in [0.2, 0.25) is 13.1 Å². The number of allylic oxidation sites excluding steroid dienone is 1. The zero-order chi connectivity index (χ0) is 17.9. The van der Waals surface area contributed by atoms with Crippen LogP contribution in [0.1, 0.15) is 58.3 Å². The number of benzene rings is 1. The van der Waals surface area contributed by atoms with Crippen molar-refractivity contribution in [3.05, 3.63) is 43.0 Å². The maximum atomic E-state index is 11.5. The summed E-state index contributed by atoms with van der Waals surface area (Å²) in [6.45, 7) is 10.5. The van der Waals surface area contributed by atoms with E-state index in [1.54, 1.807) is 0 Å². The van der Waals surface area contributed by atoms with Crippen molar-refractivity contribution in [1.29, 1.82) is 0 Å². The Morgan fingerprint density at radius 2 is 1.83 bits per heavy atom. The lowest BCUT2D eigenvalue weighted by Gasteiger charge is -2.38. The molecule has 0 saturated carbocycles. The van der Waals surface area contributed by atoms with E-state index in [1.807, 2.05) is 12.1 Å². The normalized spacial score (nSPS) is 13.7. The minimum Gasteiger partial charge on any atom is -0.381 e. The van der Waals surface area contributed by atoms with Crippen molar-refractivity contribution in [3.8, 4) is 11.8 Å². The van der Waals surface area contributed by atoms with Gasteiger partial charge in [0.25, 0.3) is 0 Å². The maximum Gasteiger partial charge on any atom is 0.132 e. The number of aliphatic hydroxyl groups is 1. The van der Waals surface area contributed by atoms with Gasteiger partial charge in [-0.3, -0.25) is 0 Å². The fraction of sp³-hybridized carbons (Fsp3) is 0.545. The van der Waals surface area contributed by atoms with Crippen molar-refractivity contribution in [2.75, 3.05) is 0 Å². The predicted molar refractivity (Wildman–Crippen MR) is 109 cm³/mol. The van der Waals surface area contributed by atoms with Crippen LogP contribution in [0.4, 0.5) is 0 Å². The third kappa shape index (κ3) is 5.96. The maximum absolute atomic E-state index is 11.5. The van der Waals surface area contributed by atoms with E-state index in [9.17, 15) is 5.11 Å². The second kappa shape index (κ2) is 10.5. The van der Waals surface area contributed by atoms with Crippen LogP contribution in [0.5, 0.6) is 0 Å². The Labute approximate surface area is 150 Å². The molecule has 0 fully saturated rings. The van der Waals surface area contributed by atoms with Crippen LogP contribution in [0.3, 0.4) is 0 Å². The minimum absolute atomic E-state index is 0.731. The first-order chi connectivity index (χ1) is 11.5. The summed E-state index contributed by atoms with van der Waals surface area (Å²) in [6, 6.07) is 10.4. The largest absolute Gasteiger partial charge is 0.381 e. The number of rotatable bonds is 10. The third-order valence-corrected chi connectivity index (χ3v) is 9.15. The topological polar surface area (TPSA) is 20.2 Å². The van der Waals surface area contributed by atoms with Gasteiger partial charge in [0.05, 0.1) is 0 Å². The summed E-state index contributed by atoms with van der Waals surface area (Å²) < 4.78 is 0. The molecule has 0 aromatic heterocycles. The van der Waals surface area contributed by atoms with Gasteiger partial charge in [0.1, 0.15) is 13.3 Å². The van der Waals surface area contributed by atoms with Gasteiger partial charge in [-0.05, 0) is 25.7 Å². The molecule has 0 aliphatic rings. The quantitative estimate of drug-likeness (QED) is 0.268. The van der Waals surface area contributed by atoms with Crippen molar-refractivity contribution >= 4 is 13.3 Å². The number of hydrogen-bond donors (Lipinski definition) is 1. The molecule has 0 saturated heterocycles. The molecule has 1 atom stereocenters. The van der Waals surface area contributed by atoms with Gasteiger partial charge in [0, 0.05) is 6.42 Å². The third-order valence-electron chi connectivity index (χ3n) is 4.93. The molecule has 0 spiro atoms. The van der Waals surface area contributed by atoms with Gasteiger partial charge < -0.3 is 5.11 Å². The van der Waals surface area contributed by atoms with Gasteiger partial charge in [0.2, 0.25) is 0 Å². The summed E-state index contributed by atoms with van der Waals surface area (Å²) in [5.74, 6) is 6.60. The van der Waals surface area contributed by atoms with E-state index in [4.69, 9.17) is 0 Å². The molecule has 0 bridgehead atoms. The summed E-state index contributed by atoms with van der Waals surface area (Å²) in [5, 5.41) is 11.9. The number of unbranched alkanes of at least 4 members (excludes halogenated alkanes) is 5. The fourth-order valence-electron chi connectivity index (χ4n) is 2.98. The van der Waals surface area contributed by atoms with Crippen LogP contribution in [-0.2, 0) is 0 Å². The van der Waals surface area contributed by atoms with Gasteiger partial charge in [-0.25, -0.2) is 0 Å². The van der Waals surface area contributed by atoms with E-state index in [1.165, 1.54) is 24.4 Å². The first-order valence-electron chi connectivity index (χ1n) is 9.37. The van der Waals surface area contributed by atoms with E-state index < -0.39 is 13.3 Å². The molecule has 1 N–H and O–H groups in total. The summed E-state index contributed by atoms with van der Waals surface area (Å²) in [6.07, 6.45) is 10.3. The van der Waals surface area contributed by atoms with E-state index in [0.717, 1.165) is 32.1 Å². The molecule has 0 radical (unpaired) electrons. The molecule has 24 heavy (non-hydrogen) atoms. The Hall–Kier alpha value is -1.30. The van der Waals surface area contributed by atoms with Gasteiger partial charge >= 0.3 is 0 Å². The highest BCUT2D eigenvalue weighted by Gasteiger charge is 2.45. The standard InChI is InChI=1S/C22H34OSi/c1-5-7-9-10-11-16-20-22(23,19-15-8-6-2)24(3,4)21-17-13-12-14-18-21/h6,12-14,17-18,23H,2,5,7-11,15,19H2,1,3-4H3/t22-/m1/s1. The molecule has 2 heteroatoms. The second-order valence-electron chi connectivity index (χ2n) is 7.14. The summed E-state index contributed by atoms with van der Waals surface area (Å²) in [7, 11) is -2.11. The molecule has 0 aliphatic heterocycles. The van der Waals surface area contributed by atoms with Crippen molar-refractivity contribution in [3.63, 3.8) is 0 Å².